The molecule has 31 heavy (non-hydrogen) atoms. The molecule has 0 aromatic rings. The van der Waals surface area contributed by atoms with Gasteiger partial charge in [0.1, 0.15) is 6.10 Å². The van der Waals surface area contributed by atoms with Crippen molar-refractivity contribution in [3.63, 3.8) is 0 Å². The van der Waals surface area contributed by atoms with Crippen LogP contribution in [0.2, 0.25) is 0 Å². The first kappa shape index (κ1) is 23.2. The Hall–Kier alpha value is -0.930. The van der Waals surface area contributed by atoms with Crippen molar-refractivity contribution < 1.29 is 33.6 Å². The minimum absolute atomic E-state index is 0.118. The molecule has 8 nitrogen and oxygen atoms in total. The van der Waals surface area contributed by atoms with E-state index in [0.29, 0.717) is 37.0 Å². The van der Waals surface area contributed by atoms with Gasteiger partial charge in [0.05, 0.1) is 40.3 Å². The van der Waals surface area contributed by atoms with E-state index in [1.807, 2.05) is 4.90 Å². The van der Waals surface area contributed by atoms with Crippen LogP contribution < -0.4 is 0 Å². The number of likely N-dealkylation sites (N-methyl/N-ethyl adjacent to an activating group) is 1. The Morgan fingerprint density at radius 2 is 1.32 bits per heavy atom. The molecule has 178 valence electrons. The quantitative estimate of drug-likeness (QED) is 0.453. The van der Waals surface area contributed by atoms with Crippen LogP contribution in [-0.4, -0.2) is 73.4 Å². The van der Waals surface area contributed by atoms with Crippen molar-refractivity contribution in [2.45, 2.75) is 89.8 Å². The summed E-state index contributed by atoms with van der Waals surface area (Å²) in [6, 6.07) is 0. The topological polar surface area (TPSA) is 66.5 Å². The first-order valence-electron chi connectivity index (χ1n) is 12.0. The molecule has 2 saturated carbocycles. The summed E-state index contributed by atoms with van der Waals surface area (Å²) in [6.45, 7) is 10.3. The predicted molar refractivity (Wildman–Crippen MR) is 113 cm³/mol. The van der Waals surface area contributed by atoms with Gasteiger partial charge >= 0.3 is 6.09 Å². The van der Waals surface area contributed by atoms with E-state index in [9.17, 15) is 4.79 Å². The third-order valence-electron chi connectivity index (χ3n) is 7.83. The van der Waals surface area contributed by atoms with Crippen molar-refractivity contribution in [1.82, 2.24) is 4.90 Å². The van der Waals surface area contributed by atoms with Gasteiger partial charge in [-0.2, -0.15) is 19.6 Å². The molecule has 0 N–H and O–H groups in total. The Bertz CT molecular complexity index is 623. The maximum Gasteiger partial charge on any atom is 0.410 e. The first-order valence-corrected chi connectivity index (χ1v) is 12.0. The Labute approximate surface area is 186 Å². The predicted octanol–water partition coefficient (Wildman–Crippen LogP) is 4.00. The van der Waals surface area contributed by atoms with Gasteiger partial charge in [0.15, 0.2) is 0 Å². The van der Waals surface area contributed by atoms with E-state index in [1.54, 1.807) is 0 Å². The number of hydrogen-bond acceptors (Lipinski definition) is 6. The normalized spacial score (nSPS) is 38.9. The summed E-state index contributed by atoms with van der Waals surface area (Å²) in [4.78, 5) is 37.6. The highest BCUT2D eigenvalue weighted by atomic mass is 17.4. The molecule has 0 aromatic carbocycles. The SMILES string of the molecule is CC(C)(C)C1CCC2(CC1)OOC1(CCC(OC(=O)N3CC[N+](C)(C)CC3)CC1)OO2. The van der Waals surface area contributed by atoms with E-state index < -0.39 is 11.6 Å². The minimum Gasteiger partial charge on any atom is -0.446 e. The van der Waals surface area contributed by atoms with E-state index >= 15 is 0 Å². The number of carbonyl (C=O) groups is 1. The number of rotatable bonds is 1. The zero-order chi connectivity index (χ0) is 22.3. The summed E-state index contributed by atoms with van der Waals surface area (Å²) >= 11 is 0. The number of ether oxygens (including phenoxy) is 1. The van der Waals surface area contributed by atoms with Crippen molar-refractivity contribution in [1.29, 1.82) is 0 Å². The third kappa shape index (κ3) is 5.36. The summed E-state index contributed by atoms with van der Waals surface area (Å²) in [5.74, 6) is -1.02. The molecule has 4 fully saturated rings. The largest absolute Gasteiger partial charge is 0.446 e. The molecular formula is C23H41N2O6+. The number of carbonyl (C=O) groups excluding carboxylic acids is 1. The zero-order valence-electron chi connectivity index (χ0n) is 20.0. The Morgan fingerprint density at radius 3 is 1.77 bits per heavy atom. The molecule has 4 rings (SSSR count). The molecule has 2 spiro atoms. The van der Waals surface area contributed by atoms with Crippen molar-refractivity contribution in [2.75, 3.05) is 40.3 Å². The standard InChI is InChI=1S/C23H41N2O6/c1-21(2,3)18-6-10-22(11-7-18)28-30-23(31-29-22)12-8-19(9-13-23)27-20(26)24-14-16-25(4,5)17-15-24/h18-19H,6-17H2,1-5H3/q+1. The number of amides is 1. The Morgan fingerprint density at radius 1 is 0.871 bits per heavy atom. The molecule has 2 saturated heterocycles. The first-order chi connectivity index (χ1) is 14.5. The van der Waals surface area contributed by atoms with Crippen molar-refractivity contribution in [2.24, 2.45) is 11.3 Å². The minimum atomic E-state index is -0.887. The summed E-state index contributed by atoms with van der Waals surface area (Å²) in [5, 5.41) is 0. The Balaban J connectivity index is 1.21. The van der Waals surface area contributed by atoms with Crippen LogP contribution >= 0.6 is 0 Å². The molecule has 4 aliphatic rings. The number of quaternary nitrogens is 1. The lowest BCUT2D eigenvalue weighted by molar-refractivity contribution is -0.894. The van der Waals surface area contributed by atoms with Gasteiger partial charge in [0, 0.05) is 25.7 Å². The molecule has 0 aromatic heterocycles. The third-order valence-corrected chi connectivity index (χ3v) is 7.83. The van der Waals surface area contributed by atoms with E-state index in [1.165, 1.54) is 0 Å². The van der Waals surface area contributed by atoms with Crippen LogP contribution in [0.5, 0.6) is 0 Å². The molecule has 2 heterocycles. The van der Waals surface area contributed by atoms with Crippen LogP contribution in [0.25, 0.3) is 0 Å². The highest BCUT2D eigenvalue weighted by Gasteiger charge is 2.52. The smallest absolute Gasteiger partial charge is 0.410 e. The lowest BCUT2D eigenvalue weighted by atomic mass is 9.71. The molecule has 2 aliphatic heterocycles. The lowest BCUT2D eigenvalue weighted by Gasteiger charge is -2.48. The van der Waals surface area contributed by atoms with Crippen LogP contribution in [0.1, 0.15) is 72.1 Å². The molecule has 2 aliphatic carbocycles. The second-order valence-corrected chi connectivity index (χ2v) is 11.7. The van der Waals surface area contributed by atoms with Crippen molar-refractivity contribution >= 4 is 6.09 Å². The van der Waals surface area contributed by atoms with E-state index in [4.69, 9.17) is 24.3 Å². The second-order valence-electron chi connectivity index (χ2n) is 11.7. The van der Waals surface area contributed by atoms with Gasteiger partial charge < -0.3 is 9.22 Å². The van der Waals surface area contributed by atoms with Gasteiger partial charge in [0.25, 0.3) is 0 Å². The average molecular weight is 442 g/mol. The van der Waals surface area contributed by atoms with Gasteiger partial charge in [-0.3, -0.25) is 4.90 Å². The van der Waals surface area contributed by atoms with Gasteiger partial charge in [-0.05, 0) is 37.0 Å². The number of hydrogen-bond donors (Lipinski definition) is 0. The van der Waals surface area contributed by atoms with Crippen molar-refractivity contribution in [3.05, 3.63) is 0 Å². The average Bonchev–Trinajstić information content (AvgIpc) is 2.72. The molecule has 0 bridgehead atoms. The summed E-state index contributed by atoms with van der Waals surface area (Å²) in [7, 11) is 4.38. The monoisotopic (exact) mass is 441 g/mol. The van der Waals surface area contributed by atoms with Gasteiger partial charge in [0.2, 0.25) is 11.6 Å². The number of nitrogens with zero attached hydrogens (tertiary/aromatic N) is 2. The van der Waals surface area contributed by atoms with Gasteiger partial charge in [-0.25, -0.2) is 4.79 Å². The van der Waals surface area contributed by atoms with E-state index in [0.717, 1.165) is 56.3 Å². The summed E-state index contributed by atoms with van der Waals surface area (Å²) in [6.07, 6.45) is 5.81. The van der Waals surface area contributed by atoms with Gasteiger partial charge in [-0.1, -0.05) is 20.8 Å². The second kappa shape index (κ2) is 8.45. The summed E-state index contributed by atoms with van der Waals surface area (Å²) in [5.41, 5.74) is 0.290. The molecule has 0 atom stereocenters. The van der Waals surface area contributed by atoms with Gasteiger partial charge in [-0.15, -0.1) is 0 Å². The lowest BCUT2D eigenvalue weighted by Crippen LogP contribution is -2.56. The highest BCUT2D eigenvalue weighted by Crippen LogP contribution is 2.48. The fourth-order valence-electron chi connectivity index (χ4n) is 5.14. The van der Waals surface area contributed by atoms with E-state index in [-0.39, 0.29) is 12.2 Å². The molecular weight excluding hydrogens is 400 g/mol. The van der Waals surface area contributed by atoms with E-state index in [2.05, 4.69) is 34.9 Å². The highest BCUT2D eigenvalue weighted by molar-refractivity contribution is 5.67. The van der Waals surface area contributed by atoms with Crippen LogP contribution in [0.3, 0.4) is 0 Å². The van der Waals surface area contributed by atoms with Crippen LogP contribution in [-0.2, 0) is 24.3 Å². The Kier molecular flexibility index (Phi) is 6.33. The molecule has 0 unspecified atom stereocenters. The number of piperazine rings is 1. The van der Waals surface area contributed by atoms with Crippen LogP contribution in [0.15, 0.2) is 0 Å². The molecule has 1 amide bonds. The van der Waals surface area contributed by atoms with Crippen LogP contribution in [0, 0.1) is 11.3 Å². The summed E-state index contributed by atoms with van der Waals surface area (Å²) < 4.78 is 6.72. The zero-order valence-corrected chi connectivity index (χ0v) is 20.0. The fraction of sp³-hybridized carbons (Fsp3) is 0.957. The maximum absolute atomic E-state index is 12.5. The van der Waals surface area contributed by atoms with Crippen molar-refractivity contribution in [3.8, 4) is 0 Å². The fourth-order valence-corrected chi connectivity index (χ4v) is 5.14. The molecule has 0 radical (unpaired) electrons. The molecule has 8 heteroatoms. The maximum atomic E-state index is 12.5. The van der Waals surface area contributed by atoms with Crippen LogP contribution in [0.4, 0.5) is 4.79 Å².